The number of imidazole rings is 1. The van der Waals surface area contributed by atoms with E-state index < -0.39 is 0 Å². The summed E-state index contributed by atoms with van der Waals surface area (Å²) in [6.07, 6.45) is 4.73. The van der Waals surface area contributed by atoms with Crippen LogP contribution in [0.25, 0.3) is 23.2 Å². The second kappa shape index (κ2) is 4.90. The zero-order valence-electron chi connectivity index (χ0n) is 10.2. The minimum atomic E-state index is 0.681. The number of rotatable bonds is 3. The third-order valence-corrected chi connectivity index (χ3v) is 2.91. The van der Waals surface area contributed by atoms with Crippen molar-refractivity contribution in [1.82, 2.24) is 9.97 Å². The van der Waals surface area contributed by atoms with Crippen molar-refractivity contribution >= 4 is 29.5 Å². The summed E-state index contributed by atoms with van der Waals surface area (Å²) in [6.45, 7) is 0. The molecule has 0 unspecified atom stereocenters. The van der Waals surface area contributed by atoms with Gasteiger partial charge in [0.1, 0.15) is 12.1 Å². The van der Waals surface area contributed by atoms with E-state index in [0.717, 1.165) is 28.7 Å². The van der Waals surface area contributed by atoms with Gasteiger partial charge in [-0.2, -0.15) is 0 Å². The van der Waals surface area contributed by atoms with E-state index in [1.165, 1.54) is 0 Å². The van der Waals surface area contributed by atoms with Crippen molar-refractivity contribution in [1.29, 1.82) is 0 Å². The van der Waals surface area contributed by atoms with Gasteiger partial charge in [-0.3, -0.25) is 4.79 Å². The molecule has 2 aromatic carbocycles. The summed E-state index contributed by atoms with van der Waals surface area (Å²) in [6, 6.07) is 15.3. The van der Waals surface area contributed by atoms with Crippen molar-refractivity contribution in [2.24, 2.45) is 0 Å². The molecule has 0 fully saturated rings. The van der Waals surface area contributed by atoms with Crippen LogP contribution in [0.1, 0.15) is 21.7 Å². The fraction of sp³-hybridized carbons (Fsp3) is 0. The van der Waals surface area contributed by atoms with Gasteiger partial charge in [-0.05, 0) is 23.8 Å². The van der Waals surface area contributed by atoms with E-state index in [0.29, 0.717) is 5.56 Å². The lowest BCUT2D eigenvalue weighted by atomic mass is 10.1. The van der Waals surface area contributed by atoms with E-state index in [2.05, 4.69) is 9.97 Å². The first-order chi connectivity index (χ1) is 9.35. The first kappa shape index (κ1) is 11.4. The van der Waals surface area contributed by atoms with E-state index in [9.17, 15) is 4.79 Å². The lowest BCUT2D eigenvalue weighted by Crippen LogP contribution is -1.79. The second-order valence-corrected chi connectivity index (χ2v) is 4.26. The SMILES string of the molecule is O=Cc1ccc(/C=C/c2nc3ccccc3[nH]2)cc1. The Labute approximate surface area is 110 Å². The summed E-state index contributed by atoms with van der Waals surface area (Å²) >= 11 is 0. The quantitative estimate of drug-likeness (QED) is 0.720. The number of para-hydroxylation sites is 2. The first-order valence-electron chi connectivity index (χ1n) is 6.03. The average molecular weight is 248 g/mol. The van der Waals surface area contributed by atoms with E-state index >= 15 is 0 Å². The number of hydrogen-bond donors (Lipinski definition) is 1. The number of aromatic amines is 1. The van der Waals surface area contributed by atoms with Crippen LogP contribution in [0.2, 0.25) is 0 Å². The van der Waals surface area contributed by atoms with E-state index in [-0.39, 0.29) is 0 Å². The molecule has 0 amide bonds. The van der Waals surface area contributed by atoms with Crippen molar-refractivity contribution < 1.29 is 4.79 Å². The molecule has 92 valence electrons. The standard InChI is InChI=1S/C16H12N2O/c19-11-13-7-5-12(6-8-13)9-10-16-17-14-3-1-2-4-15(14)18-16/h1-11H,(H,17,18)/b10-9+. The van der Waals surface area contributed by atoms with Crippen LogP contribution in [0.3, 0.4) is 0 Å². The largest absolute Gasteiger partial charge is 0.338 e. The third kappa shape index (κ3) is 2.45. The van der Waals surface area contributed by atoms with Gasteiger partial charge in [-0.25, -0.2) is 4.98 Å². The molecule has 1 N–H and O–H groups in total. The van der Waals surface area contributed by atoms with Crippen LogP contribution in [0.15, 0.2) is 48.5 Å². The number of nitrogens with one attached hydrogen (secondary N) is 1. The summed E-state index contributed by atoms with van der Waals surface area (Å²) in [5, 5.41) is 0. The summed E-state index contributed by atoms with van der Waals surface area (Å²) in [5.74, 6) is 0.820. The number of aromatic nitrogens is 2. The predicted molar refractivity (Wildman–Crippen MR) is 76.9 cm³/mol. The van der Waals surface area contributed by atoms with Gasteiger partial charge in [-0.15, -0.1) is 0 Å². The number of nitrogens with zero attached hydrogens (tertiary/aromatic N) is 1. The highest BCUT2D eigenvalue weighted by Crippen LogP contribution is 2.12. The summed E-state index contributed by atoms with van der Waals surface area (Å²) in [7, 11) is 0. The van der Waals surface area contributed by atoms with Crippen molar-refractivity contribution in [2.75, 3.05) is 0 Å². The van der Waals surface area contributed by atoms with Gasteiger partial charge in [-0.1, -0.05) is 42.5 Å². The molecule has 0 bridgehead atoms. The normalized spacial score (nSPS) is 11.2. The van der Waals surface area contributed by atoms with Gasteiger partial charge >= 0.3 is 0 Å². The Bertz CT molecular complexity index is 706. The molecule has 0 radical (unpaired) electrons. The molecule has 0 atom stereocenters. The summed E-state index contributed by atoms with van der Waals surface area (Å²) in [4.78, 5) is 18.3. The highest BCUT2D eigenvalue weighted by atomic mass is 16.1. The van der Waals surface area contributed by atoms with Crippen molar-refractivity contribution in [3.63, 3.8) is 0 Å². The van der Waals surface area contributed by atoms with Crippen LogP contribution in [0, 0.1) is 0 Å². The van der Waals surface area contributed by atoms with Crippen LogP contribution in [0.5, 0.6) is 0 Å². The topological polar surface area (TPSA) is 45.8 Å². The smallest absolute Gasteiger partial charge is 0.150 e. The molecule has 0 aliphatic heterocycles. The number of H-pyrrole nitrogens is 1. The molecule has 1 heterocycles. The third-order valence-electron chi connectivity index (χ3n) is 2.91. The van der Waals surface area contributed by atoms with Gasteiger partial charge in [0.15, 0.2) is 0 Å². The first-order valence-corrected chi connectivity index (χ1v) is 6.03. The van der Waals surface area contributed by atoms with Gasteiger partial charge in [0.25, 0.3) is 0 Å². The lowest BCUT2D eigenvalue weighted by molar-refractivity contribution is 0.112. The zero-order chi connectivity index (χ0) is 13.1. The molecule has 19 heavy (non-hydrogen) atoms. The second-order valence-electron chi connectivity index (χ2n) is 4.26. The molecule has 0 saturated carbocycles. The Morgan fingerprint density at radius 1 is 0.895 bits per heavy atom. The maximum absolute atomic E-state index is 10.6. The molecular formula is C16H12N2O. The van der Waals surface area contributed by atoms with Gasteiger partial charge < -0.3 is 4.98 Å². The summed E-state index contributed by atoms with van der Waals surface area (Å²) < 4.78 is 0. The lowest BCUT2D eigenvalue weighted by Gasteiger charge is -1.93. The zero-order valence-corrected chi connectivity index (χ0v) is 10.2. The van der Waals surface area contributed by atoms with Crippen LogP contribution in [-0.4, -0.2) is 16.3 Å². The minimum absolute atomic E-state index is 0.681. The molecule has 0 saturated heterocycles. The van der Waals surface area contributed by atoms with E-state index in [4.69, 9.17) is 0 Å². The van der Waals surface area contributed by atoms with E-state index in [1.54, 1.807) is 12.1 Å². The molecule has 3 nitrogen and oxygen atoms in total. The molecule has 3 aromatic rings. The minimum Gasteiger partial charge on any atom is -0.338 e. The number of carbonyl (C=O) groups is 1. The van der Waals surface area contributed by atoms with Gasteiger partial charge in [0.05, 0.1) is 11.0 Å². The van der Waals surface area contributed by atoms with Gasteiger partial charge in [0, 0.05) is 5.56 Å². The molecule has 0 aliphatic carbocycles. The Morgan fingerprint density at radius 2 is 1.63 bits per heavy atom. The molecule has 0 aliphatic rings. The molecule has 0 spiro atoms. The molecule has 3 rings (SSSR count). The average Bonchev–Trinajstić information content (AvgIpc) is 2.88. The highest BCUT2D eigenvalue weighted by Gasteiger charge is 1.97. The monoisotopic (exact) mass is 248 g/mol. The number of hydrogen-bond acceptors (Lipinski definition) is 2. The Morgan fingerprint density at radius 3 is 2.37 bits per heavy atom. The Hall–Kier alpha value is -2.68. The molecular weight excluding hydrogens is 236 g/mol. The van der Waals surface area contributed by atoms with Crippen LogP contribution >= 0.6 is 0 Å². The van der Waals surface area contributed by atoms with Gasteiger partial charge in [0.2, 0.25) is 0 Å². The fourth-order valence-electron chi connectivity index (χ4n) is 1.91. The number of benzene rings is 2. The van der Waals surface area contributed by atoms with Crippen molar-refractivity contribution in [3.05, 3.63) is 65.5 Å². The fourth-order valence-corrected chi connectivity index (χ4v) is 1.91. The predicted octanol–water partition coefficient (Wildman–Crippen LogP) is 3.55. The Kier molecular flexibility index (Phi) is 2.94. The Balaban J connectivity index is 1.86. The molecule has 1 aromatic heterocycles. The van der Waals surface area contributed by atoms with E-state index in [1.807, 2.05) is 48.6 Å². The maximum atomic E-state index is 10.6. The number of fused-ring (bicyclic) bond motifs is 1. The maximum Gasteiger partial charge on any atom is 0.150 e. The number of aldehydes is 1. The van der Waals surface area contributed by atoms with Crippen LogP contribution in [-0.2, 0) is 0 Å². The van der Waals surface area contributed by atoms with Crippen molar-refractivity contribution in [3.8, 4) is 0 Å². The van der Waals surface area contributed by atoms with Crippen LogP contribution in [0.4, 0.5) is 0 Å². The molecule has 3 heteroatoms. The van der Waals surface area contributed by atoms with Crippen LogP contribution < -0.4 is 0 Å². The highest BCUT2D eigenvalue weighted by molar-refractivity contribution is 5.79. The number of carbonyl (C=O) groups excluding carboxylic acids is 1. The van der Waals surface area contributed by atoms with Crippen molar-refractivity contribution in [2.45, 2.75) is 0 Å². The summed E-state index contributed by atoms with van der Waals surface area (Å²) in [5.41, 5.74) is 3.70.